The molecule has 0 unspecified atom stereocenters. The number of nitrogens with zero attached hydrogens (tertiary/aromatic N) is 2. The van der Waals surface area contributed by atoms with Crippen LogP contribution < -0.4 is 15.1 Å². The summed E-state index contributed by atoms with van der Waals surface area (Å²) in [4.78, 5) is 13.1. The number of fused-ring (bicyclic) bond motifs is 1. The van der Waals surface area contributed by atoms with Crippen molar-refractivity contribution < 1.29 is 9.31 Å². The Bertz CT molecular complexity index is 798. The van der Waals surface area contributed by atoms with Crippen molar-refractivity contribution in [2.75, 3.05) is 10.6 Å². The van der Waals surface area contributed by atoms with Crippen LogP contribution in [-0.2, 0) is 0 Å². The van der Waals surface area contributed by atoms with E-state index in [4.69, 9.17) is 23.2 Å². The first-order chi connectivity index (χ1) is 10.0. The summed E-state index contributed by atoms with van der Waals surface area (Å²) in [5.74, 6) is 0. The second-order valence-electron chi connectivity index (χ2n) is 4.17. The van der Waals surface area contributed by atoms with Crippen LogP contribution in [0.3, 0.4) is 0 Å². The number of aromatic nitrogens is 2. The van der Waals surface area contributed by atoms with Gasteiger partial charge in [0.05, 0.1) is 14.9 Å². The minimum atomic E-state index is -0.382. The van der Waals surface area contributed by atoms with E-state index in [1.807, 2.05) is 13.1 Å². The van der Waals surface area contributed by atoms with Gasteiger partial charge in [-0.05, 0) is 41.0 Å². The number of carbonyl (C=O) groups excluding carboxylic acids is 1. The Morgan fingerprint density at radius 3 is 2.76 bits per heavy atom. The largest absolute Gasteiger partial charge is 0.354 e. The molecule has 0 radical (unpaired) electrons. The number of thiazole rings is 1. The lowest BCUT2D eigenvalue weighted by atomic mass is 10.3. The van der Waals surface area contributed by atoms with Gasteiger partial charge in [0.2, 0.25) is 6.20 Å². The zero-order valence-corrected chi connectivity index (χ0v) is 13.8. The number of hydrogen-bond acceptors (Lipinski definition) is 4. The molecule has 21 heavy (non-hydrogen) atoms. The maximum Gasteiger partial charge on any atom is 0.354 e. The van der Waals surface area contributed by atoms with Gasteiger partial charge in [0.1, 0.15) is 0 Å². The quantitative estimate of drug-likeness (QED) is 0.673. The molecule has 5 nitrogen and oxygen atoms in total. The van der Waals surface area contributed by atoms with Crippen molar-refractivity contribution in [1.82, 2.24) is 5.10 Å². The molecule has 2 amide bonds. The van der Waals surface area contributed by atoms with Crippen LogP contribution in [0.25, 0.3) is 4.14 Å². The number of carbonyl (C=O) groups is 1. The fourth-order valence-corrected chi connectivity index (χ4v) is 3.99. The smallest absolute Gasteiger partial charge is 0.308 e. The van der Waals surface area contributed by atoms with E-state index in [1.54, 1.807) is 34.1 Å². The van der Waals surface area contributed by atoms with E-state index in [0.29, 0.717) is 20.9 Å². The van der Waals surface area contributed by atoms with Gasteiger partial charge in [-0.3, -0.25) is 5.32 Å². The third-order valence-electron chi connectivity index (χ3n) is 2.52. The minimum Gasteiger partial charge on any atom is -0.308 e. The van der Waals surface area contributed by atoms with E-state index >= 15 is 0 Å². The highest BCUT2D eigenvalue weighted by Crippen LogP contribution is 2.25. The number of urea groups is 1. The molecular formula is C12H9Cl2N4OS2+. The lowest BCUT2D eigenvalue weighted by molar-refractivity contribution is -0.570. The fourth-order valence-electron chi connectivity index (χ4n) is 1.66. The molecule has 1 aromatic carbocycles. The lowest BCUT2D eigenvalue weighted by Crippen LogP contribution is -2.23. The Kier molecular flexibility index (Phi) is 3.99. The highest BCUT2D eigenvalue weighted by molar-refractivity contribution is 7.37. The first-order valence-electron chi connectivity index (χ1n) is 5.83. The lowest BCUT2D eigenvalue weighted by Gasteiger charge is -2.05. The Balaban J connectivity index is 1.70. The number of hydrogen-bond donors (Lipinski definition) is 2. The van der Waals surface area contributed by atoms with E-state index in [1.165, 1.54) is 16.2 Å². The summed E-state index contributed by atoms with van der Waals surface area (Å²) in [5, 5.41) is 11.0. The summed E-state index contributed by atoms with van der Waals surface area (Å²) in [6, 6.07) is 4.50. The Hall–Kier alpha value is -1.41. The number of halogens is 2. The maximum atomic E-state index is 11.9. The molecule has 0 aliphatic heterocycles. The van der Waals surface area contributed by atoms with Gasteiger partial charge >= 0.3 is 10.2 Å². The van der Waals surface area contributed by atoms with Gasteiger partial charge in [-0.15, -0.1) is 0 Å². The van der Waals surface area contributed by atoms with Crippen LogP contribution >= 0.6 is 45.9 Å². The van der Waals surface area contributed by atoms with Crippen molar-refractivity contribution in [3.63, 3.8) is 0 Å². The molecule has 0 aliphatic rings. The van der Waals surface area contributed by atoms with Crippen molar-refractivity contribution in [3.05, 3.63) is 39.3 Å². The van der Waals surface area contributed by atoms with Crippen LogP contribution in [0.2, 0.25) is 10.0 Å². The predicted octanol–water partition coefficient (Wildman–Crippen LogP) is 4.20. The number of rotatable bonds is 2. The van der Waals surface area contributed by atoms with Crippen molar-refractivity contribution >= 4 is 66.9 Å². The predicted molar refractivity (Wildman–Crippen MR) is 87.0 cm³/mol. The SMILES string of the molecule is Cc1c[n+]2nc(NC(=O)Nc3ccc(Cl)c(Cl)c3)sc2s1. The topological polar surface area (TPSA) is 58.1 Å². The molecule has 2 aromatic heterocycles. The summed E-state index contributed by atoms with van der Waals surface area (Å²) in [7, 11) is 0. The molecule has 2 heterocycles. The molecule has 0 atom stereocenters. The summed E-state index contributed by atoms with van der Waals surface area (Å²) >= 11 is 14.8. The van der Waals surface area contributed by atoms with Gasteiger partial charge in [-0.25, -0.2) is 4.79 Å². The second kappa shape index (κ2) is 5.76. The van der Waals surface area contributed by atoms with E-state index in [2.05, 4.69) is 15.7 Å². The third kappa shape index (κ3) is 3.26. The minimum absolute atomic E-state index is 0.382. The van der Waals surface area contributed by atoms with Gasteiger partial charge in [0.25, 0.3) is 5.13 Å². The molecule has 3 rings (SSSR count). The monoisotopic (exact) mass is 359 g/mol. The van der Waals surface area contributed by atoms with Crippen LogP contribution in [0, 0.1) is 6.92 Å². The summed E-state index contributed by atoms with van der Waals surface area (Å²) < 4.78 is 2.76. The first-order valence-corrected chi connectivity index (χ1v) is 8.22. The van der Waals surface area contributed by atoms with Gasteiger partial charge in [-0.1, -0.05) is 34.5 Å². The van der Waals surface area contributed by atoms with Crippen molar-refractivity contribution in [1.29, 1.82) is 0 Å². The van der Waals surface area contributed by atoms with Gasteiger partial charge < -0.3 is 5.32 Å². The highest BCUT2D eigenvalue weighted by atomic mass is 35.5. The average Bonchev–Trinajstić information content (AvgIpc) is 2.90. The zero-order chi connectivity index (χ0) is 15.0. The molecule has 9 heteroatoms. The van der Waals surface area contributed by atoms with Crippen molar-refractivity contribution in [3.8, 4) is 0 Å². The molecule has 2 N–H and O–H groups in total. The van der Waals surface area contributed by atoms with E-state index in [9.17, 15) is 4.79 Å². The molecular weight excluding hydrogens is 351 g/mol. The fraction of sp³-hybridized carbons (Fsp3) is 0.0833. The molecule has 0 aliphatic carbocycles. The number of benzene rings is 1. The maximum absolute atomic E-state index is 11.9. The molecule has 0 fully saturated rings. The molecule has 0 saturated carbocycles. The zero-order valence-electron chi connectivity index (χ0n) is 10.7. The van der Waals surface area contributed by atoms with Crippen LogP contribution in [0.1, 0.15) is 4.88 Å². The van der Waals surface area contributed by atoms with Crippen LogP contribution in [0.15, 0.2) is 24.4 Å². The Morgan fingerprint density at radius 1 is 1.24 bits per heavy atom. The van der Waals surface area contributed by atoms with Gasteiger partial charge in [0.15, 0.2) is 0 Å². The summed E-state index contributed by atoms with van der Waals surface area (Å²) in [6.07, 6.45) is 1.92. The number of anilines is 2. The van der Waals surface area contributed by atoms with Crippen molar-refractivity contribution in [2.45, 2.75) is 6.92 Å². The van der Waals surface area contributed by atoms with Crippen LogP contribution in [0.5, 0.6) is 0 Å². The molecule has 0 saturated heterocycles. The Morgan fingerprint density at radius 2 is 2.05 bits per heavy atom. The van der Waals surface area contributed by atoms with Gasteiger partial charge in [-0.2, -0.15) is 0 Å². The molecule has 0 bridgehead atoms. The average molecular weight is 360 g/mol. The van der Waals surface area contributed by atoms with E-state index in [0.717, 1.165) is 4.14 Å². The highest BCUT2D eigenvalue weighted by Gasteiger charge is 2.17. The molecule has 0 spiro atoms. The van der Waals surface area contributed by atoms with E-state index < -0.39 is 0 Å². The van der Waals surface area contributed by atoms with Crippen LogP contribution in [0.4, 0.5) is 15.6 Å². The van der Waals surface area contributed by atoms with E-state index in [-0.39, 0.29) is 6.03 Å². The Labute approximate surface area is 138 Å². The third-order valence-corrected chi connectivity index (χ3v) is 5.29. The van der Waals surface area contributed by atoms with Gasteiger partial charge in [0, 0.05) is 10.8 Å². The number of nitrogens with one attached hydrogen (secondary N) is 2. The number of aryl methyl sites for hydroxylation is 1. The summed E-state index contributed by atoms with van der Waals surface area (Å²) in [5.41, 5.74) is 0.559. The number of amides is 2. The normalized spacial score (nSPS) is 10.8. The molecule has 108 valence electrons. The summed E-state index contributed by atoms with van der Waals surface area (Å²) in [6.45, 7) is 2.01. The molecule has 3 aromatic rings. The standard InChI is InChI=1S/C12H8Cl2N4OS2/c1-6-5-18-12(20-6)21-11(17-18)16-10(19)15-7-2-3-8(13)9(14)4-7/h2-5H,1H3,(H-,15,16,17,19)/p+1. The van der Waals surface area contributed by atoms with Crippen LogP contribution in [-0.4, -0.2) is 11.1 Å². The van der Waals surface area contributed by atoms with Crippen molar-refractivity contribution in [2.24, 2.45) is 0 Å². The first kappa shape index (κ1) is 14.5. The second-order valence-corrected chi connectivity index (χ2v) is 7.45.